The Kier molecular flexibility index (Phi) is 5.54. The van der Waals surface area contributed by atoms with E-state index in [1.165, 1.54) is 6.07 Å². The third-order valence-electron chi connectivity index (χ3n) is 3.15. The van der Waals surface area contributed by atoms with E-state index in [1.54, 1.807) is 29.4 Å². The third-order valence-corrected chi connectivity index (χ3v) is 3.15. The van der Waals surface area contributed by atoms with Gasteiger partial charge in [-0.1, -0.05) is 6.07 Å². The molecule has 1 aromatic carbocycles. The van der Waals surface area contributed by atoms with Crippen molar-refractivity contribution >= 4 is 29.9 Å². The number of aliphatic imine (C=N–C) groups is 1. The average molecular weight is 401 g/mol. The number of nitrogens with zero attached hydrogens (tertiary/aromatic N) is 3. The normalized spacial score (nSPS) is 13.9. The first kappa shape index (κ1) is 15.7. The Morgan fingerprint density at radius 3 is 2.95 bits per heavy atom. The topological polar surface area (TPSA) is 54.2 Å². The van der Waals surface area contributed by atoms with Gasteiger partial charge >= 0.3 is 0 Å². The monoisotopic (exact) mass is 401 g/mol. The van der Waals surface area contributed by atoms with Crippen LogP contribution in [0.3, 0.4) is 0 Å². The number of nitrogens with one attached hydrogen (secondary N) is 2. The van der Waals surface area contributed by atoms with Crippen LogP contribution in [0.15, 0.2) is 41.9 Å². The van der Waals surface area contributed by atoms with Gasteiger partial charge in [0.1, 0.15) is 5.82 Å². The number of halogens is 2. The quantitative estimate of drug-likeness (QED) is 0.775. The minimum atomic E-state index is -0.263. The number of hydrogen-bond acceptors (Lipinski definition) is 4. The first-order chi connectivity index (χ1) is 9.83. The van der Waals surface area contributed by atoms with Gasteiger partial charge in [-0.25, -0.2) is 9.37 Å². The maximum Gasteiger partial charge on any atom is 0.191 e. The minimum Gasteiger partial charge on any atom is -0.356 e. The largest absolute Gasteiger partial charge is 0.356 e. The highest BCUT2D eigenvalue weighted by Gasteiger charge is 2.07. The summed E-state index contributed by atoms with van der Waals surface area (Å²) in [6, 6.07) is 5.19. The lowest BCUT2D eigenvalue weighted by molar-refractivity contribution is 0.614. The summed E-state index contributed by atoms with van der Waals surface area (Å²) in [6.45, 7) is 2.32. The molecule has 2 aromatic rings. The highest BCUT2D eigenvalue weighted by molar-refractivity contribution is 14.0. The van der Waals surface area contributed by atoms with Gasteiger partial charge in [0.2, 0.25) is 0 Å². The molecule has 1 aliphatic rings. The molecule has 7 heteroatoms. The van der Waals surface area contributed by atoms with E-state index in [9.17, 15) is 4.39 Å². The summed E-state index contributed by atoms with van der Waals surface area (Å²) in [4.78, 5) is 8.23. The first-order valence-electron chi connectivity index (χ1n) is 6.62. The zero-order chi connectivity index (χ0) is 13.8. The summed E-state index contributed by atoms with van der Waals surface area (Å²) in [5.74, 6) is 0.524. The van der Waals surface area contributed by atoms with Crippen molar-refractivity contribution in [3.8, 4) is 5.69 Å². The molecule has 2 heterocycles. The minimum absolute atomic E-state index is 0. The average Bonchev–Trinajstić information content (AvgIpc) is 3.00. The zero-order valence-corrected chi connectivity index (χ0v) is 13.8. The van der Waals surface area contributed by atoms with Crippen molar-refractivity contribution in [1.82, 2.24) is 20.2 Å². The Labute approximate surface area is 139 Å². The number of rotatable bonds is 3. The summed E-state index contributed by atoms with van der Waals surface area (Å²) in [5, 5.41) is 6.34. The second kappa shape index (κ2) is 7.39. The van der Waals surface area contributed by atoms with E-state index in [2.05, 4.69) is 20.6 Å². The molecule has 0 saturated carbocycles. The molecule has 0 unspecified atom stereocenters. The van der Waals surface area contributed by atoms with E-state index < -0.39 is 0 Å². The Hall–Kier alpha value is -1.64. The fraction of sp³-hybridized carbons (Fsp3) is 0.286. The molecule has 3 rings (SSSR count). The van der Waals surface area contributed by atoms with Crippen LogP contribution in [0.5, 0.6) is 0 Å². The molecular weight excluding hydrogens is 384 g/mol. The summed E-state index contributed by atoms with van der Waals surface area (Å²) in [7, 11) is 0. The van der Waals surface area contributed by atoms with Gasteiger partial charge < -0.3 is 15.2 Å². The van der Waals surface area contributed by atoms with Crippen LogP contribution in [0, 0.1) is 5.82 Å². The smallest absolute Gasteiger partial charge is 0.191 e. The number of benzene rings is 1. The van der Waals surface area contributed by atoms with Crippen LogP contribution in [-0.2, 0) is 6.54 Å². The van der Waals surface area contributed by atoms with Crippen molar-refractivity contribution in [1.29, 1.82) is 0 Å². The van der Waals surface area contributed by atoms with E-state index in [4.69, 9.17) is 0 Å². The highest BCUT2D eigenvalue weighted by Crippen LogP contribution is 2.14. The van der Waals surface area contributed by atoms with Crippen LogP contribution in [-0.4, -0.2) is 28.6 Å². The van der Waals surface area contributed by atoms with Gasteiger partial charge in [-0.2, -0.15) is 0 Å². The fourth-order valence-electron chi connectivity index (χ4n) is 2.11. The highest BCUT2D eigenvalue weighted by atomic mass is 127. The third kappa shape index (κ3) is 3.93. The molecule has 0 bridgehead atoms. The van der Waals surface area contributed by atoms with Crippen LogP contribution in [0.4, 0.5) is 4.39 Å². The van der Waals surface area contributed by atoms with Crippen molar-refractivity contribution in [2.45, 2.75) is 13.0 Å². The van der Waals surface area contributed by atoms with Crippen molar-refractivity contribution in [2.75, 3.05) is 13.1 Å². The molecule has 21 heavy (non-hydrogen) atoms. The van der Waals surface area contributed by atoms with Crippen LogP contribution >= 0.6 is 24.0 Å². The predicted octanol–water partition coefficient (Wildman–Crippen LogP) is 2.07. The van der Waals surface area contributed by atoms with Gasteiger partial charge in [0.05, 0.1) is 12.0 Å². The molecule has 0 spiro atoms. The van der Waals surface area contributed by atoms with E-state index in [0.29, 0.717) is 12.2 Å². The molecule has 0 saturated heterocycles. The molecule has 2 N–H and O–H groups in total. The number of hydrogen-bond donors (Lipinski definition) is 2. The Bertz CT molecular complexity index is 612. The first-order valence-corrected chi connectivity index (χ1v) is 6.62. The van der Waals surface area contributed by atoms with Crippen LogP contribution < -0.4 is 10.6 Å². The second-order valence-electron chi connectivity index (χ2n) is 4.62. The number of aromatic nitrogens is 2. The van der Waals surface area contributed by atoms with E-state index in [1.807, 2.05) is 6.07 Å². The van der Waals surface area contributed by atoms with Crippen molar-refractivity contribution in [3.63, 3.8) is 0 Å². The Morgan fingerprint density at radius 2 is 2.29 bits per heavy atom. The molecule has 112 valence electrons. The molecular formula is C14H17FIN5. The van der Waals surface area contributed by atoms with Gasteiger partial charge in [0.15, 0.2) is 5.96 Å². The van der Waals surface area contributed by atoms with Crippen molar-refractivity contribution in [3.05, 3.63) is 48.3 Å². The van der Waals surface area contributed by atoms with Gasteiger partial charge in [-0.3, -0.25) is 4.99 Å². The molecule has 0 fully saturated rings. The molecule has 1 aliphatic heterocycles. The summed E-state index contributed by atoms with van der Waals surface area (Å²) >= 11 is 0. The summed E-state index contributed by atoms with van der Waals surface area (Å²) in [6.07, 6.45) is 5.98. The Morgan fingerprint density at radius 1 is 1.38 bits per heavy atom. The van der Waals surface area contributed by atoms with Crippen molar-refractivity contribution < 1.29 is 4.39 Å². The van der Waals surface area contributed by atoms with Gasteiger partial charge in [-0.15, -0.1) is 24.0 Å². The van der Waals surface area contributed by atoms with Crippen LogP contribution in [0.2, 0.25) is 0 Å². The second-order valence-corrected chi connectivity index (χ2v) is 4.62. The lowest BCUT2D eigenvalue weighted by Gasteiger charge is -2.16. The number of guanidine groups is 1. The standard InChI is InChI=1S/C14H16FN5.HI/c15-12-8-11(9-19-14-17-4-1-5-18-14)2-3-13(12)20-7-6-16-10-20;/h2-3,6-8,10H,1,4-5,9H2,(H2,17,18,19);1H. The lowest BCUT2D eigenvalue weighted by atomic mass is 10.2. The van der Waals surface area contributed by atoms with Gasteiger partial charge in [-0.05, 0) is 24.1 Å². The van der Waals surface area contributed by atoms with Gasteiger partial charge in [0.25, 0.3) is 0 Å². The van der Waals surface area contributed by atoms with E-state index >= 15 is 0 Å². The van der Waals surface area contributed by atoms with E-state index in [-0.39, 0.29) is 29.8 Å². The molecule has 0 atom stereocenters. The maximum atomic E-state index is 14.1. The molecule has 0 amide bonds. The fourth-order valence-corrected chi connectivity index (χ4v) is 2.11. The summed E-state index contributed by atoms with van der Waals surface area (Å²) < 4.78 is 15.7. The number of imidazole rings is 1. The summed E-state index contributed by atoms with van der Waals surface area (Å²) in [5.41, 5.74) is 1.38. The van der Waals surface area contributed by atoms with Crippen LogP contribution in [0.1, 0.15) is 12.0 Å². The predicted molar refractivity (Wildman–Crippen MR) is 90.7 cm³/mol. The SMILES string of the molecule is Fc1cc(CNC2=NCCCN2)ccc1-n1ccnc1.I. The lowest BCUT2D eigenvalue weighted by Crippen LogP contribution is -2.40. The molecule has 0 radical (unpaired) electrons. The van der Waals surface area contributed by atoms with Crippen LogP contribution in [0.25, 0.3) is 5.69 Å². The Balaban J connectivity index is 0.00000161. The molecule has 5 nitrogen and oxygen atoms in total. The van der Waals surface area contributed by atoms with E-state index in [0.717, 1.165) is 31.0 Å². The zero-order valence-electron chi connectivity index (χ0n) is 11.4. The maximum absolute atomic E-state index is 14.1. The molecule has 0 aliphatic carbocycles. The van der Waals surface area contributed by atoms with Gasteiger partial charge in [0, 0.05) is 32.0 Å². The van der Waals surface area contributed by atoms with Crippen molar-refractivity contribution in [2.24, 2.45) is 4.99 Å². The molecule has 1 aromatic heterocycles.